The maximum Gasteiger partial charge on any atom is 0.437 e. The van der Waals surface area contributed by atoms with Crippen molar-refractivity contribution in [3.63, 3.8) is 0 Å². The normalized spacial score (nSPS) is 23.0. The molecular formula is C21H19F3N4O4S. The molecule has 174 valence electrons. The number of hydrogen-bond acceptors (Lipinski definition) is 6. The molecule has 33 heavy (non-hydrogen) atoms. The van der Waals surface area contributed by atoms with Gasteiger partial charge in [-0.1, -0.05) is 24.3 Å². The van der Waals surface area contributed by atoms with E-state index >= 15 is 0 Å². The lowest BCUT2D eigenvalue weighted by Gasteiger charge is -2.44. The van der Waals surface area contributed by atoms with E-state index in [-0.39, 0.29) is 17.9 Å². The highest BCUT2D eigenvalue weighted by Gasteiger charge is 2.67. The minimum Gasteiger partial charge on any atom is -0.466 e. The van der Waals surface area contributed by atoms with E-state index in [4.69, 9.17) is 4.74 Å². The smallest absolute Gasteiger partial charge is 0.437 e. The van der Waals surface area contributed by atoms with Crippen LogP contribution >= 0.6 is 11.3 Å². The zero-order chi connectivity index (χ0) is 23.8. The molecule has 3 heterocycles. The van der Waals surface area contributed by atoms with E-state index in [9.17, 15) is 27.9 Å². The van der Waals surface area contributed by atoms with Crippen LogP contribution in [0.5, 0.6) is 0 Å². The van der Waals surface area contributed by atoms with E-state index in [0.717, 1.165) is 0 Å². The highest BCUT2D eigenvalue weighted by Crippen LogP contribution is 2.45. The van der Waals surface area contributed by atoms with Crippen LogP contribution in [0, 0.1) is 5.92 Å². The molecule has 1 aliphatic heterocycles. The Balaban J connectivity index is 1.92. The van der Waals surface area contributed by atoms with Crippen LogP contribution in [0.1, 0.15) is 18.5 Å². The maximum absolute atomic E-state index is 14.0. The molecule has 1 aliphatic rings. The van der Waals surface area contributed by atoms with Crippen LogP contribution in [-0.2, 0) is 9.53 Å². The number of esters is 1. The quantitative estimate of drug-likeness (QED) is 0.486. The van der Waals surface area contributed by atoms with Gasteiger partial charge in [-0.25, -0.2) is 9.48 Å². The van der Waals surface area contributed by atoms with Gasteiger partial charge in [0.15, 0.2) is 0 Å². The van der Waals surface area contributed by atoms with Gasteiger partial charge in [0, 0.05) is 11.8 Å². The van der Waals surface area contributed by atoms with Gasteiger partial charge in [-0.2, -0.15) is 18.3 Å². The Hall–Kier alpha value is -3.38. The van der Waals surface area contributed by atoms with Gasteiger partial charge in [-0.15, -0.1) is 11.3 Å². The summed E-state index contributed by atoms with van der Waals surface area (Å²) in [5, 5.41) is 20.7. The summed E-state index contributed by atoms with van der Waals surface area (Å²) < 4.78 is 48.2. The van der Waals surface area contributed by atoms with Crippen LogP contribution in [0.4, 0.5) is 18.0 Å². The first-order valence-electron chi connectivity index (χ1n) is 9.89. The van der Waals surface area contributed by atoms with Gasteiger partial charge in [-0.3, -0.25) is 4.79 Å². The Morgan fingerprint density at radius 3 is 2.61 bits per heavy atom. The van der Waals surface area contributed by atoms with E-state index in [1.165, 1.54) is 34.5 Å². The fourth-order valence-electron chi connectivity index (χ4n) is 3.73. The van der Waals surface area contributed by atoms with E-state index in [2.05, 4.69) is 10.4 Å². The molecule has 1 saturated heterocycles. The van der Waals surface area contributed by atoms with Crippen LogP contribution in [-0.4, -0.2) is 45.4 Å². The van der Waals surface area contributed by atoms with Gasteiger partial charge < -0.3 is 20.5 Å². The number of urea groups is 1. The lowest BCUT2D eigenvalue weighted by Crippen LogP contribution is -2.73. The molecule has 2 aromatic heterocycles. The SMILES string of the molecule is CCOC(=O)[C@@H]1[C@H](c2cn(-c3ccccc3)nc2-c2cccs2)NC(=O)N[C@]1(O)C(F)(F)F. The minimum absolute atomic E-state index is 0.122. The predicted octanol–water partition coefficient (Wildman–Crippen LogP) is 3.38. The Kier molecular flexibility index (Phi) is 5.89. The third-order valence-corrected chi connectivity index (χ3v) is 6.08. The Morgan fingerprint density at radius 2 is 2.00 bits per heavy atom. The number of amides is 2. The number of thiophene rings is 1. The number of alkyl halides is 3. The molecule has 2 amide bonds. The average Bonchev–Trinajstić information content (AvgIpc) is 3.43. The molecule has 0 saturated carbocycles. The second kappa shape index (κ2) is 8.52. The van der Waals surface area contributed by atoms with Gasteiger partial charge in [0.2, 0.25) is 0 Å². The van der Waals surface area contributed by atoms with E-state index < -0.39 is 35.9 Å². The van der Waals surface area contributed by atoms with Crippen molar-refractivity contribution in [2.24, 2.45) is 5.92 Å². The molecule has 0 unspecified atom stereocenters. The molecule has 3 atom stereocenters. The number of hydrogen-bond donors (Lipinski definition) is 3. The van der Waals surface area contributed by atoms with E-state index in [1.54, 1.807) is 47.8 Å². The van der Waals surface area contributed by atoms with Crippen LogP contribution in [0.2, 0.25) is 0 Å². The molecule has 1 aromatic carbocycles. The first-order valence-corrected chi connectivity index (χ1v) is 10.8. The molecule has 0 spiro atoms. The third-order valence-electron chi connectivity index (χ3n) is 5.20. The molecule has 3 N–H and O–H groups in total. The zero-order valence-electron chi connectivity index (χ0n) is 17.2. The van der Waals surface area contributed by atoms with Crippen LogP contribution in [0.25, 0.3) is 16.3 Å². The number of para-hydroxylation sites is 1. The van der Waals surface area contributed by atoms with Crippen molar-refractivity contribution in [3.05, 3.63) is 59.6 Å². The molecule has 12 heteroatoms. The molecule has 1 fully saturated rings. The largest absolute Gasteiger partial charge is 0.466 e. The van der Waals surface area contributed by atoms with E-state index in [1.807, 2.05) is 0 Å². The topological polar surface area (TPSA) is 105 Å². The first kappa shape index (κ1) is 22.8. The second-order valence-corrected chi connectivity index (χ2v) is 8.21. The maximum atomic E-state index is 14.0. The van der Waals surface area contributed by atoms with Crippen molar-refractivity contribution in [2.45, 2.75) is 24.9 Å². The molecule has 0 radical (unpaired) electrons. The van der Waals surface area contributed by atoms with E-state index in [0.29, 0.717) is 10.6 Å². The summed E-state index contributed by atoms with van der Waals surface area (Å²) in [7, 11) is 0. The van der Waals surface area contributed by atoms with Gasteiger partial charge in [0.05, 0.1) is 23.2 Å². The van der Waals surface area contributed by atoms with Crippen molar-refractivity contribution in [1.82, 2.24) is 20.4 Å². The lowest BCUT2D eigenvalue weighted by atomic mass is 9.82. The van der Waals surface area contributed by atoms with Crippen LogP contribution in [0.15, 0.2) is 54.0 Å². The third kappa shape index (κ3) is 4.07. The summed E-state index contributed by atoms with van der Waals surface area (Å²) in [4.78, 5) is 25.6. The first-order chi connectivity index (χ1) is 15.7. The minimum atomic E-state index is -5.36. The number of nitrogens with one attached hydrogen (secondary N) is 2. The van der Waals surface area contributed by atoms with Crippen molar-refractivity contribution in [1.29, 1.82) is 0 Å². The summed E-state index contributed by atoms with van der Waals surface area (Å²) >= 11 is 1.28. The highest BCUT2D eigenvalue weighted by atomic mass is 32.1. The molecule has 8 nitrogen and oxygen atoms in total. The number of rotatable bonds is 5. The van der Waals surface area contributed by atoms with Crippen molar-refractivity contribution >= 4 is 23.3 Å². The van der Waals surface area contributed by atoms with Gasteiger partial charge >= 0.3 is 18.2 Å². The fourth-order valence-corrected chi connectivity index (χ4v) is 4.46. The molecule has 3 aromatic rings. The Morgan fingerprint density at radius 1 is 1.27 bits per heavy atom. The number of nitrogens with zero attached hydrogens (tertiary/aromatic N) is 2. The Bertz CT molecular complexity index is 1150. The molecule has 0 aliphatic carbocycles. The molecule has 4 rings (SSSR count). The summed E-state index contributed by atoms with van der Waals surface area (Å²) in [6, 6.07) is 9.38. The summed E-state index contributed by atoms with van der Waals surface area (Å²) in [6.07, 6.45) is -3.93. The summed E-state index contributed by atoms with van der Waals surface area (Å²) in [5.41, 5.74) is -2.86. The number of benzene rings is 1. The zero-order valence-corrected chi connectivity index (χ0v) is 18.0. The highest BCUT2D eigenvalue weighted by molar-refractivity contribution is 7.13. The summed E-state index contributed by atoms with van der Waals surface area (Å²) in [6.45, 7) is 1.21. The summed E-state index contributed by atoms with van der Waals surface area (Å²) in [5.74, 6) is -3.55. The molecular weight excluding hydrogens is 461 g/mol. The van der Waals surface area contributed by atoms with Crippen molar-refractivity contribution in [3.8, 4) is 16.3 Å². The van der Waals surface area contributed by atoms with Crippen LogP contribution in [0.3, 0.4) is 0 Å². The number of halogens is 3. The predicted molar refractivity (Wildman–Crippen MR) is 112 cm³/mol. The lowest BCUT2D eigenvalue weighted by molar-refractivity contribution is -0.294. The average molecular weight is 480 g/mol. The van der Waals surface area contributed by atoms with Crippen LogP contribution < -0.4 is 10.6 Å². The van der Waals surface area contributed by atoms with Crippen molar-refractivity contribution in [2.75, 3.05) is 6.61 Å². The van der Waals surface area contributed by atoms with Gasteiger partial charge in [0.1, 0.15) is 11.6 Å². The second-order valence-electron chi connectivity index (χ2n) is 7.26. The number of carbonyl (C=O) groups is 2. The standard InChI is InChI=1S/C21H19F3N4O4S/c1-2-32-18(29)15-17(25-19(30)26-20(15,31)21(22,23)24)13-11-28(12-7-4-3-5-8-12)27-16(13)14-9-6-10-33-14/h3-11,15,17,31H,2H2,1H3,(H2,25,26,30)/t15-,17-,20+/m0/s1. The molecule has 0 bridgehead atoms. The number of carbonyl (C=O) groups excluding carboxylic acids is 2. The monoisotopic (exact) mass is 480 g/mol. The number of aromatic nitrogens is 2. The van der Waals surface area contributed by atoms with Gasteiger partial charge in [0.25, 0.3) is 5.72 Å². The fraction of sp³-hybridized carbons (Fsp3) is 0.286. The number of aliphatic hydroxyl groups is 1. The Labute approximate surface area is 190 Å². The van der Waals surface area contributed by atoms with Crippen molar-refractivity contribution < 1.29 is 32.6 Å². The number of ether oxygens (including phenoxy) is 1. The van der Waals surface area contributed by atoms with Gasteiger partial charge in [-0.05, 0) is 30.5 Å².